The fraction of sp³-hybridized carbons (Fsp3) is 0.467. The highest BCUT2D eigenvalue weighted by Crippen LogP contribution is 2.40. The summed E-state index contributed by atoms with van der Waals surface area (Å²) in [4.78, 5) is 0. The van der Waals surface area contributed by atoms with Crippen LogP contribution in [0.1, 0.15) is 30.0 Å². The van der Waals surface area contributed by atoms with Gasteiger partial charge >= 0.3 is 0 Å². The molecule has 0 bridgehead atoms. The van der Waals surface area contributed by atoms with Crippen molar-refractivity contribution in [3.8, 4) is 0 Å². The Bertz CT molecular complexity index is 627. The molecule has 1 aliphatic heterocycles. The van der Waals surface area contributed by atoms with Crippen LogP contribution >= 0.6 is 27.5 Å². The molecule has 2 nitrogen and oxygen atoms in total. The number of rotatable bonds is 1. The van der Waals surface area contributed by atoms with Gasteiger partial charge in [-0.25, -0.2) is 0 Å². The number of benzene rings is 1. The fourth-order valence-electron chi connectivity index (χ4n) is 3.24. The van der Waals surface area contributed by atoms with Crippen molar-refractivity contribution in [2.45, 2.75) is 25.7 Å². The van der Waals surface area contributed by atoms with Gasteiger partial charge in [0.1, 0.15) is 0 Å². The zero-order chi connectivity index (χ0) is 13.6. The molecule has 1 saturated heterocycles. The largest absolute Gasteiger partial charge is 0.346 e. The summed E-state index contributed by atoms with van der Waals surface area (Å²) < 4.78 is 3.58. The first-order valence-electron chi connectivity index (χ1n) is 6.75. The monoisotopic (exact) mass is 340 g/mol. The third kappa shape index (κ3) is 2.12. The Kier molecular flexibility index (Phi) is 3.63. The zero-order valence-electron chi connectivity index (χ0n) is 11.3. The molecule has 4 heteroatoms. The molecule has 3 rings (SSSR count). The van der Waals surface area contributed by atoms with E-state index in [9.17, 15) is 0 Å². The molecule has 19 heavy (non-hydrogen) atoms. The molecule has 1 fully saturated rings. The number of aryl methyl sites for hydroxylation is 2. The molecule has 2 heterocycles. The van der Waals surface area contributed by atoms with Gasteiger partial charge < -0.3 is 9.88 Å². The Morgan fingerprint density at radius 2 is 2.00 bits per heavy atom. The molecular weight excluding hydrogens is 324 g/mol. The normalized spacial score (nSPS) is 17.3. The molecule has 1 aliphatic rings. The van der Waals surface area contributed by atoms with E-state index in [1.54, 1.807) is 0 Å². The van der Waals surface area contributed by atoms with Crippen molar-refractivity contribution in [1.29, 1.82) is 0 Å². The fourth-order valence-corrected chi connectivity index (χ4v) is 4.30. The molecule has 0 saturated carbocycles. The van der Waals surface area contributed by atoms with E-state index >= 15 is 0 Å². The van der Waals surface area contributed by atoms with Crippen LogP contribution in [0.3, 0.4) is 0 Å². The number of halogens is 2. The predicted octanol–water partition coefficient (Wildman–Crippen LogP) is 4.37. The van der Waals surface area contributed by atoms with E-state index in [0.29, 0.717) is 5.92 Å². The van der Waals surface area contributed by atoms with E-state index in [-0.39, 0.29) is 0 Å². The molecule has 0 atom stereocenters. The average molecular weight is 342 g/mol. The topological polar surface area (TPSA) is 17.0 Å². The maximum absolute atomic E-state index is 6.27. The van der Waals surface area contributed by atoms with E-state index in [1.807, 2.05) is 6.07 Å². The van der Waals surface area contributed by atoms with Gasteiger partial charge in [-0.05, 0) is 60.4 Å². The van der Waals surface area contributed by atoms with Crippen LogP contribution in [0.4, 0.5) is 0 Å². The van der Waals surface area contributed by atoms with Gasteiger partial charge in [0.2, 0.25) is 0 Å². The number of aromatic nitrogens is 1. The Morgan fingerprint density at radius 3 is 2.68 bits per heavy atom. The number of nitrogens with zero attached hydrogens (tertiary/aromatic N) is 1. The van der Waals surface area contributed by atoms with Crippen molar-refractivity contribution >= 4 is 38.4 Å². The Morgan fingerprint density at radius 1 is 1.32 bits per heavy atom. The summed E-state index contributed by atoms with van der Waals surface area (Å²) >= 11 is 10.1. The van der Waals surface area contributed by atoms with Crippen molar-refractivity contribution in [2.75, 3.05) is 13.1 Å². The molecule has 1 aromatic heterocycles. The summed E-state index contributed by atoms with van der Waals surface area (Å²) in [6.07, 6.45) is 2.41. The first-order valence-corrected chi connectivity index (χ1v) is 7.92. The van der Waals surface area contributed by atoms with Crippen LogP contribution in [-0.2, 0) is 7.05 Å². The zero-order valence-corrected chi connectivity index (χ0v) is 13.6. The molecule has 0 amide bonds. The minimum absolute atomic E-state index is 0.631. The van der Waals surface area contributed by atoms with Crippen LogP contribution < -0.4 is 5.32 Å². The summed E-state index contributed by atoms with van der Waals surface area (Å²) in [6.45, 7) is 4.32. The lowest BCUT2D eigenvalue weighted by molar-refractivity contribution is 0.445. The Balaban J connectivity index is 2.22. The van der Waals surface area contributed by atoms with Crippen molar-refractivity contribution in [2.24, 2.45) is 7.05 Å². The minimum Gasteiger partial charge on any atom is -0.346 e. The smallest absolute Gasteiger partial charge is 0.0536 e. The first kappa shape index (κ1) is 13.5. The number of piperidine rings is 1. The van der Waals surface area contributed by atoms with E-state index < -0.39 is 0 Å². The summed E-state index contributed by atoms with van der Waals surface area (Å²) in [6, 6.07) is 4.12. The SMILES string of the molecule is Cc1c(Cl)ccc2c(Br)c(C3CCNCC3)n(C)c12. The second-order valence-electron chi connectivity index (χ2n) is 5.35. The molecule has 1 aromatic carbocycles. The van der Waals surface area contributed by atoms with Crippen LogP contribution in [0.2, 0.25) is 5.02 Å². The van der Waals surface area contributed by atoms with Gasteiger partial charge in [-0.3, -0.25) is 0 Å². The van der Waals surface area contributed by atoms with Gasteiger partial charge in [0, 0.05) is 33.5 Å². The first-order chi connectivity index (χ1) is 9.11. The van der Waals surface area contributed by atoms with Gasteiger partial charge in [0.05, 0.1) is 5.52 Å². The van der Waals surface area contributed by atoms with E-state index in [4.69, 9.17) is 11.6 Å². The van der Waals surface area contributed by atoms with Gasteiger partial charge in [-0.1, -0.05) is 17.7 Å². The van der Waals surface area contributed by atoms with E-state index in [2.05, 4.69) is 45.9 Å². The van der Waals surface area contributed by atoms with Crippen LogP contribution in [0.25, 0.3) is 10.9 Å². The van der Waals surface area contributed by atoms with Gasteiger partial charge in [-0.15, -0.1) is 0 Å². The molecule has 0 unspecified atom stereocenters. The van der Waals surface area contributed by atoms with E-state index in [1.165, 1.54) is 39.5 Å². The van der Waals surface area contributed by atoms with Crippen LogP contribution in [0, 0.1) is 6.92 Å². The number of nitrogens with one attached hydrogen (secondary N) is 1. The predicted molar refractivity (Wildman–Crippen MR) is 85.2 cm³/mol. The third-order valence-corrected chi connectivity index (χ3v) is 5.49. The maximum Gasteiger partial charge on any atom is 0.0536 e. The van der Waals surface area contributed by atoms with Crippen molar-refractivity contribution in [3.63, 3.8) is 0 Å². The van der Waals surface area contributed by atoms with Crippen molar-refractivity contribution in [1.82, 2.24) is 9.88 Å². The molecule has 0 spiro atoms. The second kappa shape index (κ2) is 5.12. The molecule has 1 N–H and O–H groups in total. The lowest BCUT2D eigenvalue weighted by Crippen LogP contribution is -2.27. The Hall–Kier alpha value is -0.510. The highest BCUT2D eigenvalue weighted by molar-refractivity contribution is 9.10. The number of hydrogen-bond acceptors (Lipinski definition) is 1. The van der Waals surface area contributed by atoms with Crippen molar-refractivity contribution < 1.29 is 0 Å². The highest BCUT2D eigenvalue weighted by atomic mass is 79.9. The van der Waals surface area contributed by atoms with Gasteiger partial charge in [0.15, 0.2) is 0 Å². The summed E-state index contributed by atoms with van der Waals surface area (Å²) in [5, 5.41) is 5.55. The second-order valence-corrected chi connectivity index (χ2v) is 6.55. The molecular formula is C15H18BrClN2. The number of hydrogen-bond donors (Lipinski definition) is 1. The van der Waals surface area contributed by atoms with Crippen LogP contribution in [0.15, 0.2) is 16.6 Å². The van der Waals surface area contributed by atoms with E-state index in [0.717, 1.165) is 18.1 Å². The van der Waals surface area contributed by atoms with Gasteiger partial charge in [0.25, 0.3) is 0 Å². The maximum atomic E-state index is 6.27. The highest BCUT2D eigenvalue weighted by Gasteiger charge is 2.24. The summed E-state index contributed by atoms with van der Waals surface area (Å²) in [5.41, 5.74) is 3.84. The summed E-state index contributed by atoms with van der Waals surface area (Å²) in [5.74, 6) is 0.631. The van der Waals surface area contributed by atoms with Crippen LogP contribution in [0.5, 0.6) is 0 Å². The quantitative estimate of drug-likeness (QED) is 0.815. The standard InChI is InChI=1S/C15H18BrClN2/c1-9-12(17)4-3-11-13(16)15(19(2)14(9)11)10-5-7-18-8-6-10/h3-4,10,18H,5-8H2,1-2H3. The average Bonchev–Trinajstić information content (AvgIpc) is 2.67. The third-order valence-electron chi connectivity index (χ3n) is 4.25. The lowest BCUT2D eigenvalue weighted by Gasteiger charge is -2.24. The minimum atomic E-state index is 0.631. The molecule has 0 aliphatic carbocycles. The van der Waals surface area contributed by atoms with Crippen molar-refractivity contribution in [3.05, 3.63) is 32.9 Å². The molecule has 102 valence electrons. The molecule has 2 aromatic rings. The van der Waals surface area contributed by atoms with Crippen LogP contribution in [-0.4, -0.2) is 17.7 Å². The summed E-state index contributed by atoms with van der Waals surface area (Å²) in [7, 11) is 2.16. The Labute approximate surface area is 127 Å². The number of fused-ring (bicyclic) bond motifs is 1. The molecule has 0 radical (unpaired) electrons. The lowest BCUT2D eigenvalue weighted by atomic mass is 9.94. The van der Waals surface area contributed by atoms with Gasteiger partial charge in [-0.2, -0.15) is 0 Å².